The number of nitrogens with one attached hydrogen (secondary N) is 1. The van der Waals surface area contributed by atoms with E-state index in [4.69, 9.17) is 4.52 Å². The van der Waals surface area contributed by atoms with Crippen LogP contribution in [0.4, 0.5) is 0 Å². The lowest BCUT2D eigenvalue weighted by atomic mass is 10.0. The molecule has 3 rings (SSSR count). The van der Waals surface area contributed by atoms with E-state index < -0.39 is 12.0 Å². The van der Waals surface area contributed by atoms with E-state index in [-0.39, 0.29) is 12.2 Å². The molecule has 6 heteroatoms. The summed E-state index contributed by atoms with van der Waals surface area (Å²) in [7, 11) is 0. The SMILES string of the molecule is Cc1ccccc1C(O)CNC(=O)c1cc(-c2ccncc2)on1. The molecular formula is C18H17N3O3. The van der Waals surface area contributed by atoms with Crippen molar-refractivity contribution < 1.29 is 14.4 Å². The summed E-state index contributed by atoms with van der Waals surface area (Å²) in [6.07, 6.45) is 2.49. The van der Waals surface area contributed by atoms with E-state index in [0.717, 1.165) is 16.7 Å². The molecule has 0 fully saturated rings. The smallest absolute Gasteiger partial charge is 0.273 e. The Hall–Kier alpha value is -2.99. The van der Waals surface area contributed by atoms with E-state index in [1.165, 1.54) is 0 Å². The van der Waals surface area contributed by atoms with Crippen molar-refractivity contribution in [3.8, 4) is 11.3 Å². The lowest BCUT2D eigenvalue weighted by Gasteiger charge is -2.13. The van der Waals surface area contributed by atoms with Gasteiger partial charge < -0.3 is 14.9 Å². The van der Waals surface area contributed by atoms with Crippen LogP contribution in [-0.2, 0) is 0 Å². The molecule has 0 spiro atoms. The molecule has 0 aliphatic rings. The molecule has 0 saturated carbocycles. The predicted octanol–water partition coefficient (Wildman–Crippen LogP) is 2.51. The second-order valence-electron chi connectivity index (χ2n) is 5.39. The summed E-state index contributed by atoms with van der Waals surface area (Å²) < 4.78 is 5.18. The number of pyridine rings is 1. The van der Waals surface area contributed by atoms with E-state index in [1.807, 2.05) is 31.2 Å². The molecule has 24 heavy (non-hydrogen) atoms. The maximum atomic E-state index is 12.2. The van der Waals surface area contributed by atoms with Gasteiger partial charge in [-0.15, -0.1) is 0 Å². The highest BCUT2D eigenvalue weighted by molar-refractivity contribution is 5.93. The van der Waals surface area contributed by atoms with Crippen LogP contribution < -0.4 is 5.32 Å². The number of aliphatic hydroxyl groups is 1. The normalized spacial score (nSPS) is 11.9. The van der Waals surface area contributed by atoms with Crippen LogP contribution in [0.25, 0.3) is 11.3 Å². The van der Waals surface area contributed by atoms with Gasteiger partial charge in [0.05, 0.1) is 6.10 Å². The van der Waals surface area contributed by atoms with Crippen LogP contribution >= 0.6 is 0 Å². The molecule has 0 bridgehead atoms. The molecule has 2 heterocycles. The Balaban J connectivity index is 1.64. The number of carbonyl (C=O) groups is 1. The fourth-order valence-corrected chi connectivity index (χ4v) is 2.39. The van der Waals surface area contributed by atoms with E-state index in [2.05, 4.69) is 15.5 Å². The van der Waals surface area contributed by atoms with Crippen LogP contribution in [0, 0.1) is 6.92 Å². The van der Waals surface area contributed by atoms with E-state index in [1.54, 1.807) is 30.6 Å². The number of rotatable bonds is 5. The fraction of sp³-hybridized carbons (Fsp3) is 0.167. The van der Waals surface area contributed by atoms with Gasteiger partial charge in [0.1, 0.15) is 0 Å². The standard InChI is InChI=1S/C18H17N3O3/c1-12-4-2-3-5-14(12)16(22)11-20-18(23)15-10-17(24-21-15)13-6-8-19-9-7-13/h2-10,16,22H,11H2,1H3,(H,20,23). The Morgan fingerprint density at radius 2 is 2.00 bits per heavy atom. The lowest BCUT2D eigenvalue weighted by Crippen LogP contribution is -2.28. The first-order chi connectivity index (χ1) is 11.6. The maximum absolute atomic E-state index is 12.2. The lowest BCUT2D eigenvalue weighted by molar-refractivity contribution is 0.0907. The third-order valence-corrected chi connectivity index (χ3v) is 3.71. The second kappa shape index (κ2) is 7.06. The number of benzene rings is 1. The van der Waals surface area contributed by atoms with Crippen molar-refractivity contribution in [1.29, 1.82) is 0 Å². The van der Waals surface area contributed by atoms with Crippen LogP contribution in [0.2, 0.25) is 0 Å². The molecule has 1 atom stereocenters. The highest BCUT2D eigenvalue weighted by atomic mass is 16.5. The van der Waals surface area contributed by atoms with E-state index in [0.29, 0.717) is 5.76 Å². The summed E-state index contributed by atoms with van der Waals surface area (Å²) in [5.74, 6) is 0.0914. The first-order valence-corrected chi connectivity index (χ1v) is 7.54. The minimum Gasteiger partial charge on any atom is -0.387 e. The molecule has 1 aromatic carbocycles. The van der Waals surface area contributed by atoms with Gasteiger partial charge in [-0.05, 0) is 30.2 Å². The van der Waals surface area contributed by atoms with Crippen molar-refractivity contribution in [3.05, 3.63) is 71.7 Å². The average molecular weight is 323 g/mol. The average Bonchev–Trinajstić information content (AvgIpc) is 3.11. The van der Waals surface area contributed by atoms with Crippen LogP contribution in [0.3, 0.4) is 0 Å². The third kappa shape index (κ3) is 3.49. The van der Waals surface area contributed by atoms with Crippen molar-refractivity contribution in [1.82, 2.24) is 15.5 Å². The van der Waals surface area contributed by atoms with Gasteiger partial charge in [0.15, 0.2) is 11.5 Å². The third-order valence-electron chi connectivity index (χ3n) is 3.71. The van der Waals surface area contributed by atoms with Crippen molar-refractivity contribution >= 4 is 5.91 Å². The largest absolute Gasteiger partial charge is 0.387 e. The van der Waals surface area contributed by atoms with Gasteiger partial charge in [0.25, 0.3) is 5.91 Å². The number of aliphatic hydroxyl groups excluding tert-OH is 1. The molecule has 0 aliphatic heterocycles. The zero-order valence-corrected chi connectivity index (χ0v) is 13.1. The number of carbonyl (C=O) groups excluding carboxylic acids is 1. The minimum absolute atomic E-state index is 0.0984. The monoisotopic (exact) mass is 323 g/mol. The zero-order valence-electron chi connectivity index (χ0n) is 13.1. The Kier molecular flexibility index (Phi) is 4.67. The summed E-state index contributed by atoms with van der Waals surface area (Å²) >= 11 is 0. The van der Waals surface area contributed by atoms with Crippen LogP contribution in [0.5, 0.6) is 0 Å². The predicted molar refractivity (Wildman–Crippen MR) is 88.2 cm³/mol. The highest BCUT2D eigenvalue weighted by Gasteiger charge is 2.16. The quantitative estimate of drug-likeness (QED) is 0.753. The molecule has 2 aromatic heterocycles. The van der Waals surface area contributed by atoms with Gasteiger partial charge in [-0.25, -0.2) is 0 Å². The molecule has 1 unspecified atom stereocenters. The van der Waals surface area contributed by atoms with Crippen molar-refractivity contribution in [2.45, 2.75) is 13.0 Å². The maximum Gasteiger partial charge on any atom is 0.273 e. The Morgan fingerprint density at radius 1 is 1.25 bits per heavy atom. The summed E-state index contributed by atoms with van der Waals surface area (Å²) in [5, 5.41) is 16.7. The van der Waals surface area contributed by atoms with Crippen molar-refractivity contribution in [2.24, 2.45) is 0 Å². The summed E-state index contributed by atoms with van der Waals surface area (Å²) in [4.78, 5) is 16.1. The Labute approximate surface area is 139 Å². The molecule has 0 saturated heterocycles. The molecule has 3 aromatic rings. The molecular weight excluding hydrogens is 306 g/mol. The van der Waals surface area contributed by atoms with Crippen LogP contribution in [0.1, 0.15) is 27.7 Å². The highest BCUT2D eigenvalue weighted by Crippen LogP contribution is 2.19. The van der Waals surface area contributed by atoms with Crippen LogP contribution in [-0.4, -0.2) is 27.7 Å². The number of aromatic nitrogens is 2. The van der Waals surface area contributed by atoms with Gasteiger partial charge in [0.2, 0.25) is 0 Å². The summed E-state index contributed by atoms with van der Waals surface area (Å²) in [6.45, 7) is 2.01. The number of hydrogen-bond acceptors (Lipinski definition) is 5. The number of amides is 1. The van der Waals surface area contributed by atoms with Gasteiger partial charge >= 0.3 is 0 Å². The Morgan fingerprint density at radius 3 is 2.75 bits per heavy atom. The molecule has 0 aliphatic carbocycles. The molecule has 6 nitrogen and oxygen atoms in total. The molecule has 1 amide bonds. The van der Waals surface area contributed by atoms with Crippen molar-refractivity contribution in [2.75, 3.05) is 6.54 Å². The zero-order chi connectivity index (χ0) is 16.9. The number of nitrogens with zero attached hydrogens (tertiary/aromatic N) is 2. The van der Waals surface area contributed by atoms with Crippen LogP contribution in [0.15, 0.2) is 59.4 Å². The van der Waals surface area contributed by atoms with Gasteiger partial charge in [-0.3, -0.25) is 9.78 Å². The molecule has 2 N–H and O–H groups in total. The Bertz CT molecular complexity index is 830. The summed E-state index contributed by atoms with van der Waals surface area (Å²) in [5.41, 5.74) is 2.71. The minimum atomic E-state index is -0.776. The number of hydrogen-bond donors (Lipinski definition) is 2. The van der Waals surface area contributed by atoms with Crippen molar-refractivity contribution in [3.63, 3.8) is 0 Å². The fourth-order valence-electron chi connectivity index (χ4n) is 2.39. The number of aryl methyl sites for hydroxylation is 1. The first-order valence-electron chi connectivity index (χ1n) is 7.54. The molecule has 0 radical (unpaired) electrons. The van der Waals surface area contributed by atoms with E-state index >= 15 is 0 Å². The van der Waals surface area contributed by atoms with Gasteiger partial charge in [-0.1, -0.05) is 29.4 Å². The topological polar surface area (TPSA) is 88.2 Å². The van der Waals surface area contributed by atoms with Gasteiger partial charge in [-0.2, -0.15) is 0 Å². The summed E-state index contributed by atoms with van der Waals surface area (Å²) in [6, 6.07) is 12.6. The first kappa shape index (κ1) is 15.9. The second-order valence-corrected chi connectivity index (χ2v) is 5.39. The van der Waals surface area contributed by atoms with Gasteiger partial charge in [0, 0.05) is 30.6 Å². The van der Waals surface area contributed by atoms with E-state index in [9.17, 15) is 9.90 Å². The molecule has 122 valence electrons.